The Hall–Kier alpha value is -1.71. The van der Waals surface area contributed by atoms with Crippen molar-refractivity contribution >= 4 is 11.6 Å². The van der Waals surface area contributed by atoms with Crippen molar-refractivity contribution in [2.75, 3.05) is 19.4 Å². The second-order valence-corrected chi connectivity index (χ2v) is 5.12. The van der Waals surface area contributed by atoms with E-state index < -0.39 is 0 Å². The predicted octanol–water partition coefficient (Wildman–Crippen LogP) is 2.78. The summed E-state index contributed by atoms with van der Waals surface area (Å²) in [5, 5.41) is 0. The molecule has 4 nitrogen and oxygen atoms in total. The van der Waals surface area contributed by atoms with Gasteiger partial charge in [-0.15, -0.1) is 0 Å². The summed E-state index contributed by atoms with van der Waals surface area (Å²) in [4.78, 5) is 14.2. The SMILES string of the molecule is CCOc1cc(N)cc(C(=O)N(C)C(C)C(C)C)c1. The summed E-state index contributed by atoms with van der Waals surface area (Å²) in [5.41, 5.74) is 6.92. The minimum atomic E-state index is -0.0329. The molecule has 0 heterocycles. The molecule has 2 N–H and O–H groups in total. The molecule has 0 spiro atoms. The first kappa shape index (κ1) is 15.3. The summed E-state index contributed by atoms with van der Waals surface area (Å²) >= 11 is 0. The van der Waals surface area contributed by atoms with Crippen molar-refractivity contribution in [1.29, 1.82) is 0 Å². The molecule has 4 heteroatoms. The van der Waals surface area contributed by atoms with Gasteiger partial charge in [0, 0.05) is 30.4 Å². The quantitative estimate of drug-likeness (QED) is 0.832. The topological polar surface area (TPSA) is 55.6 Å². The van der Waals surface area contributed by atoms with Crippen LogP contribution in [0.1, 0.15) is 38.1 Å². The van der Waals surface area contributed by atoms with Gasteiger partial charge in [0.25, 0.3) is 5.91 Å². The van der Waals surface area contributed by atoms with E-state index in [1.165, 1.54) is 0 Å². The van der Waals surface area contributed by atoms with Crippen LogP contribution >= 0.6 is 0 Å². The van der Waals surface area contributed by atoms with Crippen LogP contribution in [0.4, 0.5) is 5.69 Å². The third kappa shape index (κ3) is 3.88. The number of carbonyl (C=O) groups is 1. The van der Waals surface area contributed by atoms with Crippen LogP contribution in [0.5, 0.6) is 5.75 Å². The number of nitrogens with zero attached hydrogens (tertiary/aromatic N) is 1. The zero-order chi connectivity index (χ0) is 14.6. The Morgan fingerprint density at radius 2 is 1.95 bits per heavy atom. The number of carbonyl (C=O) groups excluding carboxylic acids is 1. The molecule has 1 aromatic rings. The van der Waals surface area contributed by atoms with Gasteiger partial charge in [-0.3, -0.25) is 4.79 Å². The second-order valence-electron chi connectivity index (χ2n) is 5.12. The van der Waals surface area contributed by atoms with Crippen molar-refractivity contribution in [3.63, 3.8) is 0 Å². The first-order valence-electron chi connectivity index (χ1n) is 6.67. The fourth-order valence-corrected chi connectivity index (χ4v) is 1.83. The fraction of sp³-hybridized carbons (Fsp3) is 0.533. The summed E-state index contributed by atoms with van der Waals surface area (Å²) in [6.45, 7) is 8.68. The van der Waals surface area contributed by atoms with Crippen LogP contribution in [-0.2, 0) is 0 Å². The highest BCUT2D eigenvalue weighted by atomic mass is 16.5. The minimum absolute atomic E-state index is 0.0329. The standard InChI is InChI=1S/C15H24N2O2/c1-6-19-14-8-12(7-13(16)9-14)15(18)17(5)11(4)10(2)3/h7-11H,6,16H2,1-5H3. The summed E-state index contributed by atoms with van der Waals surface area (Å²) in [6, 6.07) is 5.33. The second kappa shape index (κ2) is 6.45. The highest BCUT2D eigenvalue weighted by Gasteiger charge is 2.20. The van der Waals surface area contributed by atoms with Gasteiger partial charge in [-0.25, -0.2) is 0 Å². The van der Waals surface area contributed by atoms with Crippen LogP contribution in [0.15, 0.2) is 18.2 Å². The Balaban J connectivity index is 2.99. The molecule has 0 saturated carbocycles. The molecule has 0 bridgehead atoms. The van der Waals surface area contributed by atoms with Gasteiger partial charge in [-0.05, 0) is 31.9 Å². The van der Waals surface area contributed by atoms with Crippen LogP contribution in [0.2, 0.25) is 0 Å². The summed E-state index contributed by atoms with van der Waals surface area (Å²) < 4.78 is 5.41. The van der Waals surface area contributed by atoms with Crippen LogP contribution in [-0.4, -0.2) is 30.5 Å². The van der Waals surface area contributed by atoms with Crippen LogP contribution in [0.25, 0.3) is 0 Å². The van der Waals surface area contributed by atoms with E-state index in [-0.39, 0.29) is 11.9 Å². The lowest BCUT2D eigenvalue weighted by Gasteiger charge is -2.28. The molecule has 0 radical (unpaired) electrons. The van der Waals surface area contributed by atoms with Crippen molar-refractivity contribution < 1.29 is 9.53 Å². The maximum absolute atomic E-state index is 12.4. The number of ether oxygens (including phenoxy) is 1. The molecule has 1 unspecified atom stereocenters. The van der Waals surface area contributed by atoms with E-state index in [4.69, 9.17) is 10.5 Å². The molecule has 0 aliphatic carbocycles. The normalized spacial score (nSPS) is 12.3. The maximum Gasteiger partial charge on any atom is 0.254 e. The Morgan fingerprint density at radius 1 is 1.32 bits per heavy atom. The number of anilines is 1. The first-order valence-corrected chi connectivity index (χ1v) is 6.67. The van der Waals surface area contributed by atoms with Gasteiger partial charge in [-0.1, -0.05) is 13.8 Å². The highest BCUT2D eigenvalue weighted by Crippen LogP contribution is 2.21. The smallest absolute Gasteiger partial charge is 0.254 e. The van der Waals surface area contributed by atoms with Gasteiger partial charge in [0.2, 0.25) is 0 Å². The lowest BCUT2D eigenvalue weighted by Crippen LogP contribution is -2.38. The molecule has 0 fully saturated rings. The number of rotatable bonds is 5. The molecule has 1 aromatic carbocycles. The molecular weight excluding hydrogens is 240 g/mol. The largest absolute Gasteiger partial charge is 0.494 e. The number of hydrogen-bond donors (Lipinski definition) is 1. The van der Waals surface area contributed by atoms with Gasteiger partial charge in [-0.2, -0.15) is 0 Å². The molecule has 0 aromatic heterocycles. The van der Waals surface area contributed by atoms with Crippen molar-refractivity contribution in [3.8, 4) is 5.75 Å². The molecule has 1 atom stereocenters. The summed E-state index contributed by atoms with van der Waals surface area (Å²) in [6.07, 6.45) is 0. The van der Waals surface area contributed by atoms with Gasteiger partial charge in [0.05, 0.1) is 6.61 Å². The number of nitrogens with two attached hydrogens (primary N) is 1. The Morgan fingerprint density at radius 3 is 2.47 bits per heavy atom. The van der Waals surface area contributed by atoms with Crippen LogP contribution in [0, 0.1) is 5.92 Å². The van der Waals surface area contributed by atoms with E-state index >= 15 is 0 Å². The van der Waals surface area contributed by atoms with E-state index in [1.54, 1.807) is 23.1 Å². The first-order chi connectivity index (χ1) is 8.86. The molecule has 1 amide bonds. The number of amides is 1. The molecule has 1 rings (SSSR count). The zero-order valence-electron chi connectivity index (χ0n) is 12.4. The van der Waals surface area contributed by atoms with Crippen molar-refractivity contribution in [2.45, 2.75) is 33.7 Å². The molecule has 0 aliphatic rings. The highest BCUT2D eigenvalue weighted by molar-refractivity contribution is 5.95. The van der Waals surface area contributed by atoms with Gasteiger partial charge < -0.3 is 15.4 Å². The molecule has 0 aliphatic heterocycles. The average molecular weight is 264 g/mol. The summed E-state index contributed by atoms with van der Waals surface area (Å²) in [7, 11) is 1.82. The molecule has 19 heavy (non-hydrogen) atoms. The van der Waals surface area contributed by atoms with Gasteiger partial charge in [0.1, 0.15) is 5.75 Å². The van der Waals surface area contributed by atoms with E-state index in [9.17, 15) is 4.79 Å². The van der Waals surface area contributed by atoms with E-state index in [0.717, 1.165) is 0 Å². The third-order valence-corrected chi connectivity index (χ3v) is 3.38. The van der Waals surface area contributed by atoms with E-state index in [1.807, 2.05) is 20.9 Å². The molecule has 106 valence electrons. The lowest BCUT2D eigenvalue weighted by atomic mass is 10.0. The lowest BCUT2D eigenvalue weighted by molar-refractivity contribution is 0.0706. The summed E-state index contributed by atoms with van der Waals surface area (Å²) in [5.74, 6) is 1.01. The van der Waals surface area contributed by atoms with Gasteiger partial charge in [0.15, 0.2) is 0 Å². The van der Waals surface area contributed by atoms with E-state index in [2.05, 4.69) is 13.8 Å². The monoisotopic (exact) mass is 264 g/mol. The van der Waals surface area contributed by atoms with Gasteiger partial charge >= 0.3 is 0 Å². The van der Waals surface area contributed by atoms with Crippen molar-refractivity contribution in [1.82, 2.24) is 4.90 Å². The predicted molar refractivity (Wildman–Crippen MR) is 78.4 cm³/mol. The Kier molecular flexibility index (Phi) is 5.21. The maximum atomic E-state index is 12.4. The van der Waals surface area contributed by atoms with Crippen molar-refractivity contribution in [2.24, 2.45) is 5.92 Å². The Labute approximate surface area is 115 Å². The van der Waals surface area contributed by atoms with Crippen molar-refractivity contribution in [3.05, 3.63) is 23.8 Å². The van der Waals surface area contributed by atoms with Crippen LogP contribution < -0.4 is 10.5 Å². The minimum Gasteiger partial charge on any atom is -0.494 e. The number of nitrogen functional groups attached to an aromatic ring is 1. The molecule has 0 saturated heterocycles. The van der Waals surface area contributed by atoms with E-state index in [0.29, 0.717) is 29.5 Å². The Bertz CT molecular complexity index is 444. The average Bonchev–Trinajstić information content (AvgIpc) is 2.35. The third-order valence-electron chi connectivity index (χ3n) is 3.38. The van der Waals surface area contributed by atoms with Crippen LogP contribution in [0.3, 0.4) is 0 Å². The zero-order valence-corrected chi connectivity index (χ0v) is 12.4. The fourth-order valence-electron chi connectivity index (χ4n) is 1.83. The molecular formula is C15H24N2O2. The number of hydrogen-bond acceptors (Lipinski definition) is 3. The number of benzene rings is 1.